The Morgan fingerprint density at radius 1 is 1.18 bits per heavy atom. The van der Waals surface area contributed by atoms with Crippen LogP contribution in [0, 0.1) is 13.8 Å². The van der Waals surface area contributed by atoms with Gasteiger partial charge in [-0.15, -0.1) is 0 Å². The van der Waals surface area contributed by atoms with Gasteiger partial charge in [-0.05, 0) is 38.1 Å². The number of rotatable bonds is 3. The zero-order chi connectivity index (χ0) is 15.7. The second kappa shape index (κ2) is 5.48. The fraction of sp³-hybridized carbons (Fsp3) is 0.188. The van der Waals surface area contributed by atoms with Gasteiger partial charge in [-0.3, -0.25) is 9.48 Å². The summed E-state index contributed by atoms with van der Waals surface area (Å²) in [5.74, 6) is -0.140. The molecule has 112 valence electrons. The first-order valence-electron chi connectivity index (χ1n) is 6.96. The Kier molecular flexibility index (Phi) is 3.50. The maximum absolute atomic E-state index is 12.4. The van der Waals surface area contributed by atoms with Crippen molar-refractivity contribution < 1.29 is 4.79 Å². The molecule has 0 aliphatic rings. The highest BCUT2D eigenvalue weighted by Gasteiger charge is 2.17. The average Bonchev–Trinajstić information content (AvgIpc) is 3.09. The van der Waals surface area contributed by atoms with E-state index in [0.717, 1.165) is 22.8 Å². The molecule has 0 fully saturated rings. The minimum Gasteiger partial charge on any atom is -0.322 e. The third kappa shape index (κ3) is 2.50. The summed E-state index contributed by atoms with van der Waals surface area (Å²) >= 11 is 0. The van der Waals surface area contributed by atoms with Crippen molar-refractivity contribution in [1.29, 1.82) is 0 Å². The van der Waals surface area contributed by atoms with E-state index in [4.69, 9.17) is 0 Å². The summed E-state index contributed by atoms with van der Waals surface area (Å²) in [5.41, 5.74) is 3.94. The number of nitrogens with one attached hydrogen (secondary N) is 1. The molecule has 1 amide bonds. The maximum Gasteiger partial charge on any atom is 0.259 e. The highest BCUT2D eigenvalue weighted by molar-refractivity contribution is 6.05. The minimum atomic E-state index is -0.140. The predicted octanol–water partition coefficient (Wildman–Crippen LogP) is 2.47. The maximum atomic E-state index is 12.4. The number of benzene rings is 1. The number of hydrogen-bond acceptors (Lipinski definition) is 3. The van der Waals surface area contributed by atoms with E-state index < -0.39 is 0 Å². The van der Waals surface area contributed by atoms with Gasteiger partial charge in [0, 0.05) is 36.5 Å². The van der Waals surface area contributed by atoms with Crippen LogP contribution >= 0.6 is 0 Å². The smallest absolute Gasteiger partial charge is 0.259 e. The molecule has 22 heavy (non-hydrogen) atoms. The van der Waals surface area contributed by atoms with E-state index in [9.17, 15) is 4.79 Å². The quantitative estimate of drug-likeness (QED) is 0.807. The molecule has 0 aliphatic carbocycles. The lowest BCUT2D eigenvalue weighted by molar-refractivity contribution is 0.102. The summed E-state index contributed by atoms with van der Waals surface area (Å²) in [5, 5.41) is 7.18. The van der Waals surface area contributed by atoms with Gasteiger partial charge in [-0.25, -0.2) is 4.98 Å². The molecule has 3 rings (SSSR count). The summed E-state index contributed by atoms with van der Waals surface area (Å²) in [4.78, 5) is 16.4. The van der Waals surface area contributed by atoms with Crippen molar-refractivity contribution in [1.82, 2.24) is 19.3 Å². The summed E-state index contributed by atoms with van der Waals surface area (Å²) in [6.45, 7) is 3.72. The van der Waals surface area contributed by atoms with Crippen LogP contribution in [0.3, 0.4) is 0 Å². The first kappa shape index (κ1) is 14.1. The Balaban J connectivity index is 1.80. The Hall–Kier alpha value is -2.89. The number of anilines is 1. The van der Waals surface area contributed by atoms with E-state index in [-0.39, 0.29) is 5.91 Å². The highest BCUT2D eigenvalue weighted by atomic mass is 16.1. The minimum absolute atomic E-state index is 0.140. The number of carbonyl (C=O) groups excluding carboxylic acids is 1. The molecule has 0 saturated heterocycles. The van der Waals surface area contributed by atoms with Gasteiger partial charge < -0.3 is 9.88 Å². The summed E-state index contributed by atoms with van der Waals surface area (Å²) in [6.07, 6.45) is 5.33. The van der Waals surface area contributed by atoms with E-state index in [1.807, 2.05) is 55.9 Å². The first-order chi connectivity index (χ1) is 10.6. The number of carbonyl (C=O) groups is 1. The van der Waals surface area contributed by atoms with Crippen molar-refractivity contribution in [3.63, 3.8) is 0 Å². The van der Waals surface area contributed by atoms with E-state index in [0.29, 0.717) is 5.56 Å². The van der Waals surface area contributed by atoms with Crippen LogP contribution in [0.5, 0.6) is 0 Å². The van der Waals surface area contributed by atoms with Gasteiger partial charge in [0.15, 0.2) is 0 Å². The molecule has 0 aliphatic heterocycles. The third-order valence-corrected chi connectivity index (χ3v) is 3.66. The van der Waals surface area contributed by atoms with Crippen LogP contribution in [0.2, 0.25) is 0 Å². The first-order valence-corrected chi connectivity index (χ1v) is 6.96. The number of imidazole rings is 1. The van der Waals surface area contributed by atoms with E-state index in [1.165, 1.54) is 0 Å². The van der Waals surface area contributed by atoms with Gasteiger partial charge in [0.1, 0.15) is 0 Å². The zero-order valence-electron chi connectivity index (χ0n) is 12.7. The molecular formula is C16H17N5O. The molecule has 2 aromatic heterocycles. The fourth-order valence-corrected chi connectivity index (χ4v) is 2.42. The van der Waals surface area contributed by atoms with Crippen LogP contribution in [0.25, 0.3) is 5.69 Å². The highest BCUT2D eigenvalue weighted by Crippen LogP contribution is 2.17. The van der Waals surface area contributed by atoms with Crippen molar-refractivity contribution in [3.8, 4) is 5.69 Å². The van der Waals surface area contributed by atoms with Gasteiger partial charge in [-0.1, -0.05) is 0 Å². The molecule has 0 unspecified atom stereocenters. The SMILES string of the molecule is Cc1nn(C)c(C)c1C(=O)Nc1ccc(-n2ccnc2)cc1. The standard InChI is InChI=1S/C16H17N5O/c1-11-15(12(2)20(3)19-11)16(22)18-13-4-6-14(7-5-13)21-9-8-17-10-21/h4-10H,1-3H3,(H,18,22). The molecule has 3 aromatic rings. The Morgan fingerprint density at radius 3 is 2.45 bits per heavy atom. The van der Waals surface area contributed by atoms with E-state index >= 15 is 0 Å². The van der Waals surface area contributed by atoms with Crippen molar-refractivity contribution in [2.75, 3.05) is 5.32 Å². The van der Waals surface area contributed by atoms with Crippen LogP contribution < -0.4 is 5.32 Å². The average molecular weight is 295 g/mol. The van der Waals surface area contributed by atoms with Crippen LogP contribution in [0.4, 0.5) is 5.69 Å². The number of amides is 1. The second-order valence-corrected chi connectivity index (χ2v) is 5.14. The molecule has 0 spiro atoms. The Labute approximate surface area is 128 Å². The number of nitrogens with zero attached hydrogens (tertiary/aromatic N) is 4. The lowest BCUT2D eigenvalue weighted by Crippen LogP contribution is -2.14. The van der Waals surface area contributed by atoms with Gasteiger partial charge in [0.2, 0.25) is 0 Å². The third-order valence-electron chi connectivity index (χ3n) is 3.66. The normalized spacial score (nSPS) is 10.7. The Bertz CT molecular complexity index is 800. The molecular weight excluding hydrogens is 278 g/mol. The van der Waals surface area contributed by atoms with Crippen LogP contribution in [0.15, 0.2) is 43.0 Å². The fourth-order valence-electron chi connectivity index (χ4n) is 2.42. The van der Waals surface area contributed by atoms with E-state index in [1.54, 1.807) is 17.2 Å². The molecule has 0 saturated carbocycles. The zero-order valence-corrected chi connectivity index (χ0v) is 12.7. The monoisotopic (exact) mass is 295 g/mol. The number of hydrogen-bond donors (Lipinski definition) is 1. The predicted molar refractivity (Wildman–Crippen MR) is 84.2 cm³/mol. The van der Waals surface area contributed by atoms with Crippen molar-refractivity contribution in [2.24, 2.45) is 7.05 Å². The lowest BCUT2D eigenvalue weighted by Gasteiger charge is -2.07. The number of aryl methyl sites for hydroxylation is 2. The van der Waals surface area contributed by atoms with Crippen molar-refractivity contribution >= 4 is 11.6 Å². The summed E-state index contributed by atoms with van der Waals surface area (Å²) < 4.78 is 3.62. The van der Waals surface area contributed by atoms with Crippen LogP contribution in [-0.4, -0.2) is 25.2 Å². The molecule has 6 heteroatoms. The molecule has 0 radical (unpaired) electrons. The van der Waals surface area contributed by atoms with Gasteiger partial charge in [-0.2, -0.15) is 5.10 Å². The molecule has 1 N–H and O–H groups in total. The van der Waals surface area contributed by atoms with Crippen molar-refractivity contribution in [3.05, 3.63) is 59.9 Å². The van der Waals surface area contributed by atoms with Gasteiger partial charge in [0.05, 0.1) is 17.6 Å². The topological polar surface area (TPSA) is 64.7 Å². The molecule has 0 atom stereocenters. The van der Waals surface area contributed by atoms with Crippen molar-refractivity contribution in [2.45, 2.75) is 13.8 Å². The molecule has 2 heterocycles. The molecule has 0 bridgehead atoms. The number of aromatic nitrogens is 4. The molecule has 6 nitrogen and oxygen atoms in total. The lowest BCUT2D eigenvalue weighted by atomic mass is 10.1. The second-order valence-electron chi connectivity index (χ2n) is 5.14. The van der Waals surface area contributed by atoms with Crippen LogP contribution in [0.1, 0.15) is 21.7 Å². The van der Waals surface area contributed by atoms with Gasteiger partial charge in [0.25, 0.3) is 5.91 Å². The molecule has 1 aromatic carbocycles. The summed E-state index contributed by atoms with van der Waals surface area (Å²) in [6, 6.07) is 7.60. The summed E-state index contributed by atoms with van der Waals surface area (Å²) in [7, 11) is 1.83. The Morgan fingerprint density at radius 2 is 1.91 bits per heavy atom. The van der Waals surface area contributed by atoms with E-state index in [2.05, 4.69) is 15.4 Å². The van der Waals surface area contributed by atoms with Crippen LogP contribution in [-0.2, 0) is 7.05 Å². The van der Waals surface area contributed by atoms with Gasteiger partial charge >= 0.3 is 0 Å². The largest absolute Gasteiger partial charge is 0.322 e.